The molecule has 1 atom stereocenters. The summed E-state index contributed by atoms with van der Waals surface area (Å²) in [4.78, 5) is 66.8. The second-order valence-corrected chi connectivity index (χ2v) is 14.4. The molecule has 1 fully saturated rings. The van der Waals surface area contributed by atoms with Crippen molar-refractivity contribution in [1.29, 1.82) is 0 Å². The number of benzene rings is 6. The molecular formula is C40H35N2O6P. The molecule has 0 bridgehead atoms. The minimum Gasteiger partial charge on any atom is -0.339 e. The molecule has 49 heavy (non-hydrogen) atoms. The minimum absolute atomic E-state index is 0.0410. The summed E-state index contributed by atoms with van der Waals surface area (Å²) in [6, 6.07) is 36.0. The van der Waals surface area contributed by atoms with Crippen molar-refractivity contribution >= 4 is 57.5 Å². The van der Waals surface area contributed by atoms with E-state index < -0.39 is 24.9 Å². The quantitative estimate of drug-likeness (QED) is 0.133. The van der Waals surface area contributed by atoms with Gasteiger partial charge in [-0.3, -0.25) is 18.9 Å². The van der Waals surface area contributed by atoms with Gasteiger partial charge in [0.2, 0.25) is 0 Å². The summed E-state index contributed by atoms with van der Waals surface area (Å²) in [5, 5.41) is 4.76. The van der Waals surface area contributed by atoms with Crippen molar-refractivity contribution in [2.45, 2.75) is 24.5 Å². The molecule has 6 aromatic rings. The van der Waals surface area contributed by atoms with Crippen LogP contribution in [0.1, 0.15) is 55.1 Å². The average Bonchev–Trinajstić information content (AvgIpc) is 3.12. The topological polar surface area (TPSA) is 115 Å². The van der Waals surface area contributed by atoms with E-state index in [-0.39, 0.29) is 28.6 Å². The van der Waals surface area contributed by atoms with Crippen LogP contribution in [0.4, 0.5) is 0 Å². The van der Waals surface area contributed by atoms with Gasteiger partial charge in [0.1, 0.15) is 5.66 Å². The second-order valence-electron chi connectivity index (χ2n) is 12.7. The lowest BCUT2D eigenvalue weighted by Gasteiger charge is -2.37. The number of carbonyl (C=O) groups excluding carboxylic acids is 3. The van der Waals surface area contributed by atoms with E-state index in [0.717, 1.165) is 21.5 Å². The van der Waals surface area contributed by atoms with Gasteiger partial charge in [0, 0.05) is 37.3 Å². The SMILES string of the molecule is CN(C(=O)c1cc2ccccc2cc1C(=O)[C@@H](c1cccc2ccccc12)P(=O)(O)O)C1CCN(C(=O)c2ccc3ccccc3c2)CC1. The monoisotopic (exact) mass is 670 g/mol. The van der Waals surface area contributed by atoms with Crippen LogP contribution in [0, 0.1) is 0 Å². The van der Waals surface area contributed by atoms with Crippen LogP contribution >= 0.6 is 7.60 Å². The van der Waals surface area contributed by atoms with Gasteiger partial charge in [-0.1, -0.05) is 97.1 Å². The Labute approximate surface area is 283 Å². The van der Waals surface area contributed by atoms with E-state index in [2.05, 4.69) is 0 Å². The van der Waals surface area contributed by atoms with Gasteiger partial charge in [0.25, 0.3) is 11.8 Å². The maximum Gasteiger partial charge on any atom is 0.340 e. The van der Waals surface area contributed by atoms with Crippen LogP contribution < -0.4 is 0 Å². The predicted octanol–water partition coefficient (Wildman–Crippen LogP) is 7.62. The molecule has 0 unspecified atom stereocenters. The maximum atomic E-state index is 14.4. The Morgan fingerprint density at radius 2 is 1.24 bits per heavy atom. The molecule has 1 saturated heterocycles. The van der Waals surface area contributed by atoms with Crippen LogP contribution in [0.15, 0.2) is 121 Å². The van der Waals surface area contributed by atoms with Crippen LogP contribution in [-0.2, 0) is 4.57 Å². The fraction of sp³-hybridized carbons (Fsp3) is 0.175. The molecule has 1 aliphatic heterocycles. The number of fused-ring (bicyclic) bond motifs is 3. The summed E-state index contributed by atoms with van der Waals surface area (Å²) in [5.41, 5.74) is -0.937. The zero-order chi connectivity index (χ0) is 34.3. The molecular weight excluding hydrogens is 635 g/mol. The Hall–Kier alpha value is -5.14. The Morgan fingerprint density at radius 1 is 0.694 bits per heavy atom. The van der Waals surface area contributed by atoms with E-state index in [1.54, 1.807) is 59.3 Å². The fourth-order valence-electron chi connectivity index (χ4n) is 7.05. The lowest BCUT2D eigenvalue weighted by Crippen LogP contribution is -2.47. The molecule has 0 aromatic heterocycles. The van der Waals surface area contributed by atoms with Crippen molar-refractivity contribution in [2.24, 2.45) is 0 Å². The minimum atomic E-state index is -5.05. The molecule has 1 aliphatic rings. The molecule has 9 heteroatoms. The first-order valence-electron chi connectivity index (χ1n) is 16.3. The van der Waals surface area contributed by atoms with E-state index in [1.807, 2.05) is 78.9 Å². The highest BCUT2D eigenvalue weighted by molar-refractivity contribution is 7.53. The first-order valence-corrected chi connectivity index (χ1v) is 17.9. The van der Waals surface area contributed by atoms with Crippen LogP contribution in [0.25, 0.3) is 32.3 Å². The molecule has 6 aromatic carbocycles. The first-order chi connectivity index (χ1) is 23.6. The Kier molecular flexibility index (Phi) is 8.63. The number of Topliss-reactive ketones (excluding diaryl/α,β-unsaturated/α-hetero) is 1. The standard InChI is InChI=1S/C40H35N2O6P/c1-41(32-19-21-42(22-20-32)39(44)31-18-17-26-9-2-3-11-28(26)23-31)40(45)36-25-30-13-5-4-12-29(30)24-35(36)37(43)38(49(46,47)48)34-16-8-14-27-10-6-7-15-33(27)34/h2-18,23-25,32,38H,19-22H2,1H3,(H2,46,47,48)/t38-/m1/s1. The maximum absolute atomic E-state index is 14.4. The van der Waals surface area contributed by atoms with E-state index in [0.29, 0.717) is 42.3 Å². The van der Waals surface area contributed by atoms with Gasteiger partial charge in [0.05, 0.1) is 5.56 Å². The van der Waals surface area contributed by atoms with Crippen LogP contribution in [-0.4, -0.2) is 63.4 Å². The number of ketones is 1. The Balaban J connectivity index is 1.18. The molecule has 1 heterocycles. The van der Waals surface area contributed by atoms with Gasteiger partial charge in [-0.2, -0.15) is 0 Å². The van der Waals surface area contributed by atoms with Crippen molar-refractivity contribution in [3.63, 3.8) is 0 Å². The lowest BCUT2D eigenvalue weighted by molar-refractivity contribution is 0.0567. The Bertz CT molecular complexity index is 2300. The molecule has 0 spiro atoms. The number of rotatable bonds is 7. The third-order valence-corrected chi connectivity index (χ3v) is 10.9. The summed E-state index contributed by atoms with van der Waals surface area (Å²) in [6.45, 7) is 0.914. The van der Waals surface area contributed by atoms with Gasteiger partial charge < -0.3 is 19.6 Å². The Morgan fingerprint density at radius 3 is 1.90 bits per heavy atom. The van der Waals surface area contributed by atoms with Gasteiger partial charge in [-0.15, -0.1) is 0 Å². The van der Waals surface area contributed by atoms with E-state index in [1.165, 1.54) is 0 Å². The summed E-state index contributed by atoms with van der Waals surface area (Å²) in [5.74, 6) is -1.30. The van der Waals surface area contributed by atoms with Crippen LogP contribution in [0.5, 0.6) is 0 Å². The molecule has 7 rings (SSSR count). The largest absolute Gasteiger partial charge is 0.340 e. The highest BCUT2D eigenvalue weighted by atomic mass is 31.2. The number of amides is 2. The number of piperidine rings is 1. The number of hydrogen-bond donors (Lipinski definition) is 2. The number of hydrogen-bond acceptors (Lipinski definition) is 4. The van der Waals surface area contributed by atoms with Gasteiger partial charge in [-0.05, 0) is 75.0 Å². The molecule has 2 N–H and O–H groups in total. The molecule has 0 radical (unpaired) electrons. The first kappa shape index (κ1) is 32.4. The summed E-state index contributed by atoms with van der Waals surface area (Å²) >= 11 is 0. The normalized spacial score (nSPS) is 14.6. The third kappa shape index (κ3) is 6.27. The van der Waals surface area contributed by atoms with Crippen molar-refractivity contribution in [3.8, 4) is 0 Å². The van der Waals surface area contributed by atoms with Crippen molar-refractivity contribution in [1.82, 2.24) is 9.80 Å². The third-order valence-electron chi connectivity index (χ3n) is 9.70. The van der Waals surface area contributed by atoms with E-state index >= 15 is 0 Å². The zero-order valence-electron chi connectivity index (χ0n) is 26.9. The van der Waals surface area contributed by atoms with E-state index in [4.69, 9.17) is 0 Å². The number of likely N-dealkylation sites (tertiary alicyclic amines) is 1. The molecule has 8 nitrogen and oxygen atoms in total. The summed E-state index contributed by atoms with van der Waals surface area (Å²) in [7, 11) is -3.37. The average molecular weight is 671 g/mol. The fourth-order valence-corrected chi connectivity index (χ4v) is 8.08. The highest BCUT2D eigenvalue weighted by Crippen LogP contribution is 2.55. The molecule has 246 valence electrons. The number of nitrogens with zero attached hydrogens (tertiary/aromatic N) is 2. The smallest absolute Gasteiger partial charge is 0.339 e. The van der Waals surface area contributed by atoms with Gasteiger partial charge in [0.15, 0.2) is 5.78 Å². The summed E-state index contributed by atoms with van der Waals surface area (Å²) < 4.78 is 13.1. The summed E-state index contributed by atoms with van der Waals surface area (Å²) in [6.07, 6.45) is 1.08. The van der Waals surface area contributed by atoms with Crippen LogP contribution in [0.3, 0.4) is 0 Å². The van der Waals surface area contributed by atoms with Crippen LogP contribution in [0.2, 0.25) is 0 Å². The number of carbonyl (C=O) groups is 3. The molecule has 2 amide bonds. The highest BCUT2D eigenvalue weighted by Gasteiger charge is 2.41. The van der Waals surface area contributed by atoms with Gasteiger partial charge in [-0.25, -0.2) is 0 Å². The molecule has 0 saturated carbocycles. The molecule has 0 aliphatic carbocycles. The zero-order valence-corrected chi connectivity index (χ0v) is 27.8. The lowest BCUT2D eigenvalue weighted by atomic mass is 9.91. The predicted molar refractivity (Wildman–Crippen MR) is 192 cm³/mol. The van der Waals surface area contributed by atoms with Gasteiger partial charge >= 0.3 is 7.60 Å². The van der Waals surface area contributed by atoms with Crippen molar-refractivity contribution in [2.75, 3.05) is 20.1 Å². The second kappa shape index (κ2) is 13.1. The van der Waals surface area contributed by atoms with Crippen molar-refractivity contribution < 1.29 is 28.7 Å². The van der Waals surface area contributed by atoms with Crippen molar-refractivity contribution in [3.05, 3.63) is 144 Å². The van der Waals surface area contributed by atoms with E-state index in [9.17, 15) is 28.7 Å².